The third kappa shape index (κ3) is 5.59. The van der Waals surface area contributed by atoms with Gasteiger partial charge in [-0.2, -0.15) is 10.5 Å². The molecule has 0 N–H and O–H groups in total. The minimum absolute atomic E-state index is 0.201. The lowest BCUT2D eigenvalue weighted by atomic mass is 9.98. The summed E-state index contributed by atoms with van der Waals surface area (Å²) in [5, 5.41) is 25.2. The Balaban J connectivity index is 1.35. The number of hydrogen-bond donors (Lipinski definition) is 0. The summed E-state index contributed by atoms with van der Waals surface area (Å²) in [4.78, 5) is 0. The van der Waals surface area contributed by atoms with Gasteiger partial charge in [0.2, 0.25) is 0 Å². The molecule has 0 unspecified atom stereocenters. The number of rotatable bonds is 5. The van der Waals surface area contributed by atoms with Gasteiger partial charge >= 0.3 is 0 Å². The Labute approximate surface area is 466 Å². The first kappa shape index (κ1) is 24.5. The number of aromatic nitrogens is 4. The molecule has 0 aliphatic rings. The Morgan fingerprint density at radius 1 is 0.333 bits per heavy atom. The van der Waals surface area contributed by atoms with Crippen LogP contribution in [0.3, 0.4) is 0 Å². The van der Waals surface area contributed by atoms with Crippen molar-refractivity contribution in [2.75, 3.05) is 0 Å². The Kier molecular flexibility index (Phi) is 5.11. The van der Waals surface area contributed by atoms with E-state index in [0.29, 0.717) is 32.0 Å². The number of nitrogens with zero attached hydrogens (tertiary/aromatic N) is 6. The molecular weight excluding hydrogens is 933 g/mol. The summed E-state index contributed by atoms with van der Waals surface area (Å²) in [6.07, 6.45) is 0. The van der Waals surface area contributed by atoms with E-state index in [1.165, 1.54) is 11.3 Å². The van der Waals surface area contributed by atoms with E-state index in [1.807, 2.05) is 54.6 Å². The third-order valence-electron chi connectivity index (χ3n) is 14.0. The summed E-state index contributed by atoms with van der Waals surface area (Å²) in [6, 6.07) is 8.13. The minimum atomic E-state index is -0.981. The van der Waals surface area contributed by atoms with Gasteiger partial charge in [0.25, 0.3) is 0 Å². The molecule has 0 aliphatic heterocycles. The third-order valence-corrected chi connectivity index (χ3v) is 15.2. The molecular formula is C68H38N6S. The van der Waals surface area contributed by atoms with Crippen molar-refractivity contribution in [3.63, 3.8) is 0 Å². The summed E-state index contributed by atoms with van der Waals surface area (Å²) in [6.45, 7) is 0. The molecule has 5 aromatic heterocycles. The van der Waals surface area contributed by atoms with Gasteiger partial charge in [0.05, 0.1) is 104 Å². The van der Waals surface area contributed by atoms with Crippen molar-refractivity contribution in [3.05, 3.63) is 241 Å². The summed E-state index contributed by atoms with van der Waals surface area (Å²) in [5.74, 6) is 0. The lowest BCUT2D eigenvalue weighted by Crippen LogP contribution is -2.16. The summed E-state index contributed by atoms with van der Waals surface area (Å²) in [5.41, 5.74) is -7.09. The molecule has 7 heteroatoms. The van der Waals surface area contributed by atoms with Gasteiger partial charge in [-0.25, -0.2) is 0 Å². The van der Waals surface area contributed by atoms with Gasteiger partial charge in [0.15, 0.2) is 0 Å². The Morgan fingerprint density at radius 2 is 0.720 bits per heavy atom. The fraction of sp³-hybridized carbons (Fsp3) is 0. The largest absolute Gasteiger partial charge is 0.306 e. The van der Waals surface area contributed by atoms with Crippen molar-refractivity contribution >= 4 is 119 Å². The lowest BCUT2D eigenvalue weighted by Gasteiger charge is -2.27. The molecule has 16 rings (SSSR count). The van der Waals surface area contributed by atoms with Crippen LogP contribution in [0.15, 0.2) is 230 Å². The molecule has 0 saturated carbocycles. The summed E-state index contributed by atoms with van der Waals surface area (Å²) in [7, 11) is 0. The molecule has 5 heterocycles. The number of hydrogen-bond acceptors (Lipinski definition) is 3. The highest BCUT2D eigenvalue weighted by molar-refractivity contribution is 7.26. The van der Waals surface area contributed by atoms with Crippen LogP contribution in [0, 0.1) is 22.7 Å². The van der Waals surface area contributed by atoms with Gasteiger partial charge in [-0.1, -0.05) is 182 Å². The highest BCUT2D eigenvalue weighted by atomic mass is 32.1. The Morgan fingerprint density at radius 3 is 1.17 bits per heavy atom. The first-order chi connectivity index (χ1) is 47.2. The maximum atomic E-state index is 13.2. The predicted molar refractivity (Wildman–Crippen MR) is 312 cm³/mol. The van der Waals surface area contributed by atoms with Gasteiger partial charge in [0.1, 0.15) is 23.3 Å². The molecule has 75 heavy (non-hydrogen) atoms. The quantitative estimate of drug-likeness (QED) is 0.172. The zero-order valence-electron chi connectivity index (χ0n) is 62.2. The van der Waals surface area contributed by atoms with Crippen LogP contribution in [-0.4, -0.2) is 18.3 Å². The van der Waals surface area contributed by atoms with Crippen molar-refractivity contribution < 1.29 is 32.9 Å². The fourth-order valence-electron chi connectivity index (χ4n) is 11.0. The molecule has 16 aromatic rings. The van der Waals surface area contributed by atoms with Gasteiger partial charge in [-0.3, -0.25) is 0 Å². The van der Waals surface area contributed by atoms with Crippen molar-refractivity contribution in [3.8, 4) is 46.0 Å². The summed E-state index contributed by atoms with van der Waals surface area (Å²) < 4.78 is 234. The Hall–Kier alpha value is -10.2. The second-order valence-electron chi connectivity index (χ2n) is 17.6. The van der Waals surface area contributed by atoms with E-state index in [0.717, 1.165) is 23.8 Å². The number of thiophene rings is 1. The second kappa shape index (κ2) is 15.7. The first-order valence-electron chi connectivity index (χ1n) is 35.2. The molecule has 0 saturated heterocycles. The maximum absolute atomic E-state index is 13.2. The van der Waals surface area contributed by atoms with Crippen molar-refractivity contribution in [2.24, 2.45) is 0 Å². The van der Waals surface area contributed by atoms with Crippen LogP contribution in [0.1, 0.15) is 44.0 Å². The average Bonchev–Trinajstić information content (AvgIpc) is 0.940. The number of benzene rings is 11. The Bertz CT molecular complexity index is 6460. The molecule has 0 radical (unpaired) electrons. The minimum Gasteiger partial charge on any atom is -0.306 e. The monoisotopic (exact) mass is 994 g/mol. The molecule has 346 valence electrons. The molecule has 0 amide bonds. The molecule has 0 spiro atoms. The molecule has 0 fully saturated rings. The van der Waals surface area contributed by atoms with E-state index in [1.54, 1.807) is 34.9 Å². The topological polar surface area (TPSA) is 67.3 Å². The van der Waals surface area contributed by atoms with E-state index in [4.69, 9.17) is 8.22 Å². The van der Waals surface area contributed by atoms with Crippen LogP contribution >= 0.6 is 11.3 Å². The molecule has 0 atom stereocenters. The average molecular weight is 995 g/mol. The maximum Gasteiger partial charge on any atom is 0.104 e. The predicted octanol–water partition coefficient (Wildman–Crippen LogP) is 17.9. The normalized spacial score (nSPS) is 16.5. The van der Waals surface area contributed by atoms with Crippen molar-refractivity contribution in [2.45, 2.75) is 0 Å². The van der Waals surface area contributed by atoms with E-state index in [2.05, 4.69) is 12.1 Å². The zero-order chi connectivity index (χ0) is 70.4. The number of para-hydroxylation sites is 6. The molecule has 11 aromatic carbocycles. The molecule has 6 nitrogen and oxygen atoms in total. The molecule has 0 aliphatic carbocycles. The standard InChI is InChI=1S/C68H38N6S/c69-39-53-63(71-55-27-11-4-20-43(55)44-21-5-12-28-56(44)71)64(72-57-29-13-6-22-45(57)46-23-7-14-30-58(46)72)54(40-70)66(65(53)73-59-31-15-8-24-47(59)48-25-9-16-32-60(48)73)74-61-38-42(41-18-2-1-3-19-41)34-35-49(61)51-36-37-52-50-26-10-17-33-62(50)75-68(52)67(51)74/h1-38H/i4D,5D,6D,7D,8D,9D,11D,12D,13D,14D,15D,16D,20D,21D,22D,23D,24D,25D,27D,28D,29D,30D,31D,32D. The second-order valence-corrected chi connectivity index (χ2v) is 18.6. The number of nitriles is 2. The zero-order valence-corrected chi connectivity index (χ0v) is 39.0. The van der Waals surface area contributed by atoms with Crippen LogP contribution in [0.2, 0.25) is 0 Å². The highest BCUT2D eigenvalue weighted by Crippen LogP contribution is 2.51. The SMILES string of the molecule is [2H]c1c([2H])c([2H])c2c(c1[2H])c1c([2H])c([2H])c([2H])c([2H])c1n2-c1c(C#N)c(-n2c3c([2H])c([2H])c([2H])c([2H])c3c3c([2H])c([2H])c([2H])c([2H])c32)c(-n2c3cc(-c4ccccc4)ccc3c3ccc4c5ccccc5sc4c32)c(C#N)c1-n1c2c([2H])c([2H])c([2H])c([2H])c2c2c([2H])c([2H])c([2H])c([2H])c21. The lowest BCUT2D eigenvalue weighted by molar-refractivity contribution is 1.03. The van der Waals surface area contributed by atoms with Crippen LogP contribution in [0.4, 0.5) is 0 Å². The highest BCUT2D eigenvalue weighted by Gasteiger charge is 2.35. The van der Waals surface area contributed by atoms with Crippen LogP contribution in [-0.2, 0) is 0 Å². The van der Waals surface area contributed by atoms with Crippen molar-refractivity contribution in [1.29, 1.82) is 10.5 Å². The van der Waals surface area contributed by atoms with E-state index in [-0.39, 0.29) is 11.0 Å². The summed E-state index contributed by atoms with van der Waals surface area (Å²) >= 11 is 1.30. The van der Waals surface area contributed by atoms with Crippen molar-refractivity contribution in [1.82, 2.24) is 18.3 Å². The van der Waals surface area contributed by atoms with Gasteiger partial charge < -0.3 is 18.3 Å². The number of fused-ring (bicyclic) bond motifs is 16. The first-order valence-corrected chi connectivity index (χ1v) is 24.0. The smallest absolute Gasteiger partial charge is 0.104 e. The van der Waals surface area contributed by atoms with E-state index < -0.39 is 244 Å². The van der Waals surface area contributed by atoms with Crippen LogP contribution in [0.5, 0.6) is 0 Å². The fourth-order valence-corrected chi connectivity index (χ4v) is 12.3. The molecule has 0 bridgehead atoms. The van der Waals surface area contributed by atoms with Gasteiger partial charge in [-0.15, -0.1) is 11.3 Å². The van der Waals surface area contributed by atoms with Crippen LogP contribution in [0.25, 0.3) is 141 Å². The van der Waals surface area contributed by atoms with Gasteiger partial charge in [0, 0.05) is 58.6 Å². The van der Waals surface area contributed by atoms with Gasteiger partial charge in [-0.05, 0) is 59.5 Å². The van der Waals surface area contributed by atoms with E-state index >= 15 is 0 Å². The van der Waals surface area contributed by atoms with E-state index in [9.17, 15) is 35.2 Å². The van der Waals surface area contributed by atoms with Crippen LogP contribution < -0.4 is 0 Å².